The molecule has 2 aromatic carbocycles. The number of ketones is 1. The van der Waals surface area contributed by atoms with Crippen LogP contribution < -0.4 is 4.74 Å². The number of rotatable bonds is 5. The van der Waals surface area contributed by atoms with E-state index in [4.69, 9.17) is 9.47 Å². The molecule has 3 rings (SSSR count). The van der Waals surface area contributed by atoms with Crippen LogP contribution in [0, 0.1) is 13.8 Å². The quantitative estimate of drug-likeness (QED) is 0.624. The summed E-state index contributed by atoms with van der Waals surface area (Å²) in [6, 6.07) is 13.2. The highest BCUT2D eigenvalue weighted by Gasteiger charge is 2.25. The lowest BCUT2D eigenvalue weighted by Gasteiger charge is -2.14. The van der Waals surface area contributed by atoms with E-state index in [0.717, 1.165) is 17.7 Å². The van der Waals surface area contributed by atoms with Gasteiger partial charge >= 0.3 is 0 Å². The number of ether oxygens (including phenoxy) is 2. The standard InChI is InChI=1S/C18H18O3/c1-12-8-13(2)17(16(9-12)21-11-15-10-20-15)18(19)14-6-4-3-5-7-14/h3-9,15H,10-11H2,1-2H3. The first kappa shape index (κ1) is 13.8. The van der Waals surface area contributed by atoms with Crippen LogP contribution in [0.4, 0.5) is 0 Å². The highest BCUT2D eigenvalue weighted by Crippen LogP contribution is 2.28. The van der Waals surface area contributed by atoms with Crippen LogP contribution in [-0.4, -0.2) is 25.1 Å². The molecule has 0 saturated carbocycles. The number of aryl methyl sites for hydroxylation is 2. The van der Waals surface area contributed by atoms with Gasteiger partial charge in [-0.25, -0.2) is 0 Å². The zero-order valence-corrected chi connectivity index (χ0v) is 12.3. The van der Waals surface area contributed by atoms with Crippen LogP contribution in [0.3, 0.4) is 0 Å². The number of carbonyl (C=O) groups is 1. The summed E-state index contributed by atoms with van der Waals surface area (Å²) in [7, 11) is 0. The topological polar surface area (TPSA) is 38.8 Å². The molecule has 1 saturated heterocycles. The molecule has 1 atom stereocenters. The van der Waals surface area contributed by atoms with Crippen molar-refractivity contribution in [3.8, 4) is 5.75 Å². The Labute approximate surface area is 124 Å². The molecule has 0 amide bonds. The lowest BCUT2D eigenvalue weighted by atomic mass is 9.96. The zero-order chi connectivity index (χ0) is 14.8. The average Bonchev–Trinajstić information content (AvgIpc) is 3.29. The SMILES string of the molecule is Cc1cc(C)c(C(=O)c2ccccc2)c(OCC2CO2)c1. The molecule has 0 N–H and O–H groups in total. The van der Waals surface area contributed by atoms with E-state index in [1.807, 2.05) is 56.3 Å². The Kier molecular flexibility index (Phi) is 3.76. The molecule has 108 valence electrons. The van der Waals surface area contributed by atoms with Crippen LogP contribution in [0.1, 0.15) is 27.0 Å². The lowest BCUT2D eigenvalue weighted by Crippen LogP contribution is -2.11. The number of benzene rings is 2. The fourth-order valence-corrected chi connectivity index (χ4v) is 2.41. The van der Waals surface area contributed by atoms with Crippen LogP contribution in [0.2, 0.25) is 0 Å². The Bertz CT molecular complexity index is 658. The molecule has 21 heavy (non-hydrogen) atoms. The minimum Gasteiger partial charge on any atom is -0.490 e. The van der Waals surface area contributed by atoms with E-state index in [2.05, 4.69) is 0 Å². The second-order valence-electron chi connectivity index (χ2n) is 5.42. The molecular formula is C18H18O3. The van der Waals surface area contributed by atoms with Crippen molar-refractivity contribution in [3.63, 3.8) is 0 Å². The van der Waals surface area contributed by atoms with Crippen molar-refractivity contribution in [1.29, 1.82) is 0 Å². The van der Waals surface area contributed by atoms with Gasteiger partial charge in [0.15, 0.2) is 5.78 Å². The molecule has 0 aromatic heterocycles. The highest BCUT2D eigenvalue weighted by molar-refractivity contribution is 6.11. The van der Waals surface area contributed by atoms with Crippen molar-refractivity contribution < 1.29 is 14.3 Å². The largest absolute Gasteiger partial charge is 0.490 e. The van der Waals surface area contributed by atoms with Gasteiger partial charge in [-0.2, -0.15) is 0 Å². The molecule has 1 aliphatic rings. The predicted molar refractivity (Wildman–Crippen MR) is 81.0 cm³/mol. The monoisotopic (exact) mass is 282 g/mol. The van der Waals surface area contributed by atoms with Crippen molar-refractivity contribution in [2.75, 3.05) is 13.2 Å². The molecule has 0 radical (unpaired) electrons. The van der Waals surface area contributed by atoms with E-state index >= 15 is 0 Å². The van der Waals surface area contributed by atoms with Gasteiger partial charge in [-0.15, -0.1) is 0 Å². The summed E-state index contributed by atoms with van der Waals surface area (Å²) in [6.07, 6.45) is 0.172. The molecule has 0 bridgehead atoms. The molecule has 3 heteroatoms. The number of hydrogen-bond donors (Lipinski definition) is 0. The molecule has 1 heterocycles. The predicted octanol–water partition coefficient (Wildman–Crippen LogP) is 3.31. The third-order valence-corrected chi connectivity index (χ3v) is 3.53. The van der Waals surface area contributed by atoms with Crippen LogP contribution >= 0.6 is 0 Å². The lowest BCUT2D eigenvalue weighted by molar-refractivity contribution is 0.103. The number of hydrogen-bond acceptors (Lipinski definition) is 3. The Balaban J connectivity index is 1.96. The summed E-state index contributed by atoms with van der Waals surface area (Å²) in [6.45, 7) is 5.19. The molecule has 2 aromatic rings. The maximum Gasteiger partial charge on any atom is 0.197 e. The van der Waals surface area contributed by atoms with Gasteiger partial charge in [0.05, 0.1) is 12.2 Å². The highest BCUT2D eigenvalue weighted by atomic mass is 16.6. The van der Waals surface area contributed by atoms with E-state index in [1.54, 1.807) is 0 Å². The first-order valence-electron chi connectivity index (χ1n) is 7.10. The molecular weight excluding hydrogens is 264 g/mol. The van der Waals surface area contributed by atoms with Crippen molar-refractivity contribution in [3.05, 3.63) is 64.7 Å². The Morgan fingerprint density at radius 1 is 1.24 bits per heavy atom. The Hall–Kier alpha value is -2.13. The van der Waals surface area contributed by atoms with Gasteiger partial charge in [0.1, 0.15) is 18.5 Å². The molecule has 3 nitrogen and oxygen atoms in total. The maximum absolute atomic E-state index is 12.7. The second kappa shape index (κ2) is 5.70. The second-order valence-corrected chi connectivity index (χ2v) is 5.42. The van der Waals surface area contributed by atoms with E-state index in [9.17, 15) is 4.79 Å². The first-order valence-corrected chi connectivity index (χ1v) is 7.10. The Morgan fingerprint density at radius 2 is 1.95 bits per heavy atom. The normalized spacial score (nSPS) is 16.6. The van der Waals surface area contributed by atoms with Gasteiger partial charge in [-0.1, -0.05) is 36.4 Å². The van der Waals surface area contributed by atoms with Crippen molar-refractivity contribution in [2.45, 2.75) is 20.0 Å². The third-order valence-electron chi connectivity index (χ3n) is 3.53. The summed E-state index contributed by atoms with van der Waals surface area (Å²) in [5.41, 5.74) is 3.35. The van der Waals surface area contributed by atoms with Crippen molar-refractivity contribution in [2.24, 2.45) is 0 Å². The van der Waals surface area contributed by atoms with Crippen molar-refractivity contribution in [1.82, 2.24) is 0 Å². The van der Waals surface area contributed by atoms with E-state index < -0.39 is 0 Å². The van der Waals surface area contributed by atoms with Gasteiger partial charge in [0.25, 0.3) is 0 Å². The number of carbonyl (C=O) groups excluding carboxylic acids is 1. The molecule has 1 unspecified atom stereocenters. The van der Waals surface area contributed by atoms with Crippen LogP contribution in [0.5, 0.6) is 5.75 Å². The van der Waals surface area contributed by atoms with Gasteiger partial charge in [0, 0.05) is 5.56 Å². The van der Waals surface area contributed by atoms with E-state index in [1.165, 1.54) is 0 Å². The summed E-state index contributed by atoms with van der Waals surface area (Å²) in [5.74, 6) is 0.650. The minimum absolute atomic E-state index is 0.000171. The summed E-state index contributed by atoms with van der Waals surface area (Å²) < 4.78 is 11.0. The van der Waals surface area contributed by atoms with E-state index in [0.29, 0.717) is 23.5 Å². The zero-order valence-electron chi connectivity index (χ0n) is 12.3. The van der Waals surface area contributed by atoms with Crippen LogP contribution in [0.25, 0.3) is 0 Å². The van der Waals surface area contributed by atoms with Crippen LogP contribution in [-0.2, 0) is 4.74 Å². The third kappa shape index (κ3) is 3.14. The first-order chi connectivity index (χ1) is 10.1. The van der Waals surface area contributed by atoms with Gasteiger partial charge in [-0.05, 0) is 31.0 Å². The minimum atomic E-state index is -0.000171. The summed E-state index contributed by atoms with van der Waals surface area (Å²) >= 11 is 0. The fraction of sp³-hybridized carbons (Fsp3) is 0.278. The fourth-order valence-electron chi connectivity index (χ4n) is 2.41. The van der Waals surface area contributed by atoms with Gasteiger partial charge in [-0.3, -0.25) is 4.79 Å². The summed E-state index contributed by atoms with van der Waals surface area (Å²) in [5, 5.41) is 0. The van der Waals surface area contributed by atoms with Gasteiger partial charge < -0.3 is 9.47 Å². The average molecular weight is 282 g/mol. The number of epoxide rings is 1. The molecule has 0 spiro atoms. The maximum atomic E-state index is 12.7. The van der Waals surface area contributed by atoms with Crippen molar-refractivity contribution >= 4 is 5.78 Å². The Morgan fingerprint density at radius 3 is 2.62 bits per heavy atom. The summed E-state index contributed by atoms with van der Waals surface area (Å²) in [4.78, 5) is 12.7. The van der Waals surface area contributed by atoms with E-state index in [-0.39, 0.29) is 11.9 Å². The van der Waals surface area contributed by atoms with Crippen LogP contribution in [0.15, 0.2) is 42.5 Å². The molecule has 1 aliphatic heterocycles. The molecule has 0 aliphatic carbocycles. The smallest absolute Gasteiger partial charge is 0.197 e. The van der Waals surface area contributed by atoms with Gasteiger partial charge in [0.2, 0.25) is 0 Å². The molecule has 1 fully saturated rings.